The number of anilines is 1. The molecule has 0 saturated heterocycles. The number of rotatable bonds is 9. The number of nitrogens with one attached hydrogen (secondary N) is 3. The Hall–Kier alpha value is -4.17. The number of hydrazone groups is 1. The molecular weight excluding hydrogens is 480 g/mol. The Morgan fingerprint density at radius 2 is 1.64 bits per heavy atom. The van der Waals surface area contributed by atoms with Gasteiger partial charge < -0.3 is 15.4 Å². The highest BCUT2D eigenvalue weighted by molar-refractivity contribution is 6.35. The molecule has 0 aliphatic rings. The third kappa shape index (κ3) is 8.25. The predicted molar refractivity (Wildman–Crippen MR) is 140 cm³/mol. The SMILES string of the molecule is CCc1ccc(NC(=O)COc2ccc(Cl)cc2/C=N\NC(=O)C(=O)NCc2ccc(C)cc2)cc1. The van der Waals surface area contributed by atoms with Crippen molar-refractivity contribution in [2.75, 3.05) is 11.9 Å². The van der Waals surface area contributed by atoms with Crippen LogP contribution >= 0.6 is 11.6 Å². The molecule has 0 radical (unpaired) electrons. The Morgan fingerprint density at radius 3 is 2.33 bits per heavy atom. The van der Waals surface area contributed by atoms with Crippen molar-refractivity contribution in [2.45, 2.75) is 26.8 Å². The summed E-state index contributed by atoms with van der Waals surface area (Å²) in [5.74, 6) is -1.75. The van der Waals surface area contributed by atoms with Gasteiger partial charge in [0.2, 0.25) is 0 Å². The van der Waals surface area contributed by atoms with Crippen LogP contribution in [0.2, 0.25) is 5.02 Å². The van der Waals surface area contributed by atoms with Gasteiger partial charge in [-0.1, -0.05) is 60.5 Å². The normalized spacial score (nSPS) is 10.6. The minimum absolute atomic E-state index is 0.216. The molecule has 0 aliphatic carbocycles. The number of hydrogen-bond acceptors (Lipinski definition) is 5. The quantitative estimate of drug-likeness (QED) is 0.231. The van der Waals surface area contributed by atoms with Crippen molar-refractivity contribution in [1.82, 2.24) is 10.7 Å². The summed E-state index contributed by atoms with van der Waals surface area (Å²) in [5.41, 5.74) is 6.40. The van der Waals surface area contributed by atoms with Crippen LogP contribution in [0.3, 0.4) is 0 Å². The van der Waals surface area contributed by atoms with E-state index in [2.05, 4.69) is 28.1 Å². The van der Waals surface area contributed by atoms with Crippen molar-refractivity contribution < 1.29 is 19.1 Å². The molecule has 0 spiro atoms. The van der Waals surface area contributed by atoms with Crippen LogP contribution in [-0.2, 0) is 27.3 Å². The Balaban J connectivity index is 1.52. The number of ether oxygens (including phenoxy) is 1. The third-order valence-electron chi connectivity index (χ3n) is 5.13. The lowest BCUT2D eigenvalue weighted by atomic mass is 10.1. The van der Waals surface area contributed by atoms with Gasteiger partial charge in [-0.05, 0) is 54.8 Å². The van der Waals surface area contributed by atoms with Gasteiger partial charge in [0.25, 0.3) is 5.91 Å². The standard InChI is InChI=1S/C27H27ClN4O4/c1-3-19-8-11-23(12-9-19)31-25(33)17-36-24-13-10-22(28)14-21(24)16-30-32-27(35)26(34)29-15-20-6-4-18(2)5-7-20/h4-14,16H,3,15,17H2,1-2H3,(H,29,34)(H,31,33)(H,32,35)/b30-16-. The summed E-state index contributed by atoms with van der Waals surface area (Å²) < 4.78 is 5.62. The summed E-state index contributed by atoms with van der Waals surface area (Å²) >= 11 is 6.06. The van der Waals surface area contributed by atoms with Gasteiger partial charge in [0, 0.05) is 22.8 Å². The molecule has 9 heteroatoms. The molecule has 0 fully saturated rings. The smallest absolute Gasteiger partial charge is 0.329 e. The topological polar surface area (TPSA) is 109 Å². The van der Waals surface area contributed by atoms with E-state index in [1.165, 1.54) is 11.8 Å². The van der Waals surface area contributed by atoms with Gasteiger partial charge in [0.1, 0.15) is 5.75 Å². The molecule has 36 heavy (non-hydrogen) atoms. The van der Waals surface area contributed by atoms with E-state index in [1.807, 2.05) is 55.5 Å². The molecule has 186 valence electrons. The number of nitrogens with zero attached hydrogens (tertiary/aromatic N) is 1. The number of halogens is 1. The second-order valence-electron chi connectivity index (χ2n) is 7.94. The maximum atomic E-state index is 12.3. The van der Waals surface area contributed by atoms with Crippen molar-refractivity contribution in [2.24, 2.45) is 5.10 Å². The second-order valence-corrected chi connectivity index (χ2v) is 8.37. The molecule has 0 bridgehead atoms. The monoisotopic (exact) mass is 506 g/mol. The summed E-state index contributed by atoms with van der Waals surface area (Å²) in [7, 11) is 0. The molecule has 3 rings (SSSR count). The van der Waals surface area contributed by atoms with Crippen molar-refractivity contribution in [3.63, 3.8) is 0 Å². The second kappa shape index (κ2) is 13.1. The predicted octanol–water partition coefficient (Wildman–Crippen LogP) is 3.99. The number of aryl methyl sites for hydroxylation is 2. The lowest BCUT2D eigenvalue weighted by Gasteiger charge is -2.10. The highest BCUT2D eigenvalue weighted by atomic mass is 35.5. The molecule has 3 aromatic carbocycles. The van der Waals surface area contributed by atoms with Crippen molar-refractivity contribution >= 4 is 41.2 Å². The van der Waals surface area contributed by atoms with Gasteiger partial charge in [-0.2, -0.15) is 5.10 Å². The van der Waals surface area contributed by atoms with E-state index in [4.69, 9.17) is 16.3 Å². The number of carbonyl (C=O) groups is 3. The third-order valence-corrected chi connectivity index (χ3v) is 5.36. The fourth-order valence-corrected chi connectivity index (χ4v) is 3.28. The summed E-state index contributed by atoms with van der Waals surface area (Å²) in [6, 6.07) is 19.9. The number of benzene rings is 3. The molecule has 0 heterocycles. The van der Waals surface area contributed by atoms with E-state index in [1.54, 1.807) is 18.2 Å². The van der Waals surface area contributed by atoms with Gasteiger partial charge in [-0.3, -0.25) is 14.4 Å². The molecule has 3 N–H and O–H groups in total. The molecule has 0 aliphatic heterocycles. The zero-order valence-corrected chi connectivity index (χ0v) is 20.8. The first kappa shape index (κ1) is 26.4. The molecule has 0 unspecified atom stereocenters. The molecule has 0 atom stereocenters. The maximum absolute atomic E-state index is 12.3. The maximum Gasteiger partial charge on any atom is 0.329 e. The van der Waals surface area contributed by atoms with E-state index in [-0.39, 0.29) is 19.1 Å². The van der Waals surface area contributed by atoms with Crippen LogP contribution in [0.25, 0.3) is 0 Å². The van der Waals surface area contributed by atoms with Crippen LogP contribution in [-0.4, -0.2) is 30.5 Å². The van der Waals surface area contributed by atoms with Crippen LogP contribution in [0.1, 0.15) is 29.2 Å². The van der Waals surface area contributed by atoms with Gasteiger partial charge >= 0.3 is 11.8 Å². The number of amides is 3. The zero-order valence-electron chi connectivity index (χ0n) is 20.0. The van der Waals surface area contributed by atoms with Crippen LogP contribution in [0.5, 0.6) is 5.75 Å². The number of carbonyl (C=O) groups excluding carboxylic acids is 3. The summed E-state index contributed by atoms with van der Waals surface area (Å²) in [4.78, 5) is 36.3. The molecule has 3 aromatic rings. The largest absolute Gasteiger partial charge is 0.483 e. The minimum Gasteiger partial charge on any atom is -0.483 e. The van der Waals surface area contributed by atoms with Gasteiger partial charge in [-0.15, -0.1) is 0 Å². The zero-order chi connectivity index (χ0) is 25.9. The average molecular weight is 507 g/mol. The molecule has 8 nitrogen and oxygen atoms in total. The summed E-state index contributed by atoms with van der Waals surface area (Å²) in [6.07, 6.45) is 2.20. The fraction of sp³-hybridized carbons (Fsp3) is 0.185. The van der Waals surface area contributed by atoms with E-state index in [9.17, 15) is 14.4 Å². The fourth-order valence-electron chi connectivity index (χ4n) is 3.10. The average Bonchev–Trinajstić information content (AvgIpc) is 2.88. The lowest BCUT2D eigenvalue weighted by Crippen LogP contribution is -2.37. The molecule has 0 aromatic heterocycles. The van der Waals surface area contributed by atoms with Gasteiger partial charge in [-0.25, -0.2) is 5.43 Å². The van der Waals surface area contributed by atoms with E-state index in [0.717, 1.165) is 17.5 Å². The Labute approximate surface area is 214 Å². The van der Waals surface area contributed by atoms with Gasteiger partial charge in [0.15, 0.2) is 6.61 Å². The highest BCUT2D eigenvalue weighted by Crippen LogP contribution is 2.21. The van der Waals surface area contributed by atoms with E-state index >= 15 is 0 Å². The Kier molecular flexibility index (Phi) is 9.59. The van der Waals surface area contributed by atoms with E-state index < -0.39 is 11.8 Å². The van der Waals surface area contributed by atoms with E-state index in [0.29, 0.717) is 22.0 Å². The lowest BCUT2D eigenvalue weighted by molar-refractivity contribution is -0.139. The summed E-state index contributed by atoms with van der Waals surface area (Å²) in [6.45, 7) is 3.99. The molecule has 0 saturated carbocycles. The Bertz CT molecular complexity index is 1240. The summed E-state index contributed by atoms with van der Waals surface area (Å²) in [5, 5.41) is 9.52. The van der Waals surface area contributed by atoms with Crippen LogP contribution in [0, 0.1) is 6.92 Å². The molecular formula is C27H27ClN4O4. The highest BCUT2D eigenvalue weighted by Gasteiger charge is 2.12. The van der Waals surface area contributed by atoms with Crippen LogP contribution in [0.4, 0.5) is 5.69 Å². The first-order chi connectivity index (χ1) is 17.3. The van der Waals surface area contributed by atoms with Crippen LogP contribution < -0.4 is 20.8 Å². The Morgan fingerprint density at radius 1 is 0.944 bits per heavy atom. The molecule has 3 amide bonds. The van der Waals surface area contributed by atoms with Gasteiger partial charge in [0.05, 0.1) is 6.21 Å². The minimum atomic E-state index is -0.920. The number of hydrogen-bond donors (Lipinski definition) is 3. The van der Waals surface area contributed by atoms with Crippen molar-refractivity contribution in [3.05, 3.63) is 94.0 Å². The first-order valence-corrected chi connectivity index (χ1v) is 11.7. The van der Waals surface area contributed by atoms with Crippen LogP contribution in [0.15, 0.2) is 71.8 Å². The van der Waals surface area contributed by atoms with Crippen molar-refractivity contribution in [3.8, 4) is 5.75 Å². The van der Waals surface area contributed by atoms with Crippen molar-refractivity contribution in [1.29, 1.82) is 0 Å². The first-order valence-electron chi connectivity index (χ1n) is 11.3.